The van der Waals surface area contributed by atoms with Gasteiger partial charge in [-0.05, 0) is 6.92 Å². The van der Waals surface area contributed by atoms with E-state index in [9.17, 15) is 4.57 Å². The molecule has 0 aliphatic carbocycles. The lowest BCUT2D eigenvalue weighted by Crippen LogP contribution is -2.13. The van der Waals surface area contributed by atoms with Gasteiger partial charge in [-0.25, -0.2) is 9.97 Å². The third-order valence-electron chi connectivity index (χ3n) is 2.44. The number of aromatic nitrogens is 4. The molecule has 2 aromatic heterocycles. The molecule has 0 amide bonds. The number of hydrogen-bond donors (Lipinski definition) is 3. The molecule has 9 nitrogen and oxygen atoms in total. The maximum absolute atomic E-state index is 10.7. The molecule has 10 heteroatoms. The fraction of sp³-hybridized carbons (Fsp3) is 0.444. The smallest absolute Gasteiger partial charge is 0.350 e. The normalized spacial score (nSPS) is 13.8. The van der Waals surface area contributed by atoms with Gasteiger partial charge < -0.3 is 20.3 Å². The van der Waals surface area contributed by atoms with Crippen molar-refractivity contribution in [2.75, 3.05) is 12.1 Å². The molecular weight excluding hydrogens is 273 g/mol. The fourth-order valence-corrected chi connectivity index (χ4v) is 2.06. The predicted octanol–water partition coefficient (Wildman–Crippen LogP) is -0.211. The molecule has 4 N–H and O–H groups in total. The minimum Gasteiger partial charge on any atom is -0.368 e. The molecule has 0 radical (unpaired) electrons. The Bertz CT molecular complexity index is 624. The zero-order valence-electron chi connectivity index (χ0n) is 10.2. The quantitative estimate of drug-likeness (QED) is 0.642. The van der Waals surface area contributed by atoms with Crippen LogP contribution in [0.1, 0.15) is 12.5 Å². The molecule has 2 rings (SSSR count). The first-order valence-electron chi connectivity index (χ1n) is 5.46. The molecule has 104 valence electrons. The van der Waals surface area contributed by atoms with E-state index < -0.39 is 13.9 Å². The Kier molecular flexibility index (Phi) is 3.81. The van der Waals surface area contributed by atoms with Crippen molar-refractivity contribution < 1.29 is 19.1 Å². The number of ether oxygens (including phenoxy) is 1. The molecule has 0 bridgehead atoms. The average molecular weight is 287 g/mol. The Balaban J connectivity index is 2.09. The van der Waals surface area contributed by atoms with Crippen LogP contribution in [-0.2, 0) is 15.7 Å². The molecular formula is C9H14N5O4P. The number of anilines is 1. The van der Waals surface area contributed by atoms with Crippen LogP contribution in [0.15, 0.2) is 12.5 Å². The highest BCUT2D eigenvalue weighted by Crippen LogP contribution is 2.34. The Morgan fingerprint density at radius 3 is 2.95 bits per heavy atom. The van der Waals surface area contributed by atoms with Gasteiger partial charge in [-0.2, -0.15) is 9.61 Å². The van der Waals surface area contributed by atoms with Gasteiger partial charge in [-0.15, -0.1) is 0 Å². The van der Waals surface area contributed by atoms with E-state index in [0.717, 1.165) is 5.56 Å². The van der Waals surface area contributed by atoms with Gasteiger partial charge in [-0.1, -0.05) is 0 Å². The van der Waals surface area contributed by atoms with Crippen LogP contribution in [0.25, 0.3) is 5.65 Å². The van der Waals surface area contributed by atoms with Gasteiger partial charge in [-0.3, -0.25) is 4.57 Å². The van der Waals surface area contributed by atoms with Crippen molar-refractivity contribution in [2.45, 2.75) is 19.4 Å². The van der Waals surface area contributed by atoms with Crippen LogP contribution in [0.3, 0.4) is 0 Å². The van der Waals surface area contributed by atoms with Gasteiger partial charge in [0.1, 0.15) is 12.7 Å². The van der Waals surface area contributed by atoms with Crippen LogP contribution in [0.5, 0.6) is 0 Å². The molecule has 2 aromatic rings. The van der Waals surface area contributed by atoms with E-state index in [-0.39, 0.29) is 12.1 Å². The molecule has 0 spiro atoms. The first-order chi connectivity index (χ1) is 8.87. The second-order valence-electron chi connectivity index (χ2n) is 4.11. The topological polar surface area (TPSA) is 136 Å². The van der Waals surface area contributed by atoms with E-state index in [4.69, 9.17) is 20.3 Å². The van der Waals surface area contributed by atoms with Crippen LogP contribution >= 0.6 is 7.60 Å². The second-order valence-corrected chi connectivity index (χ2v) is 5.70. The van der Waals surface area contributed by atoms with Crippen molar-refractivity contribution in [3.63, 3.8) is 0 Å². The molecule has 0 unspecified atom stereocenters. The fourth-order valence-electron chi connectivity index (χ4n) is 1.62. The van der Waals surface area contributed by atoms with Gasteiger partial charge in [0, 0.05) is 12.0 Å². The molecule has 0 fully saturated rings. The van der Waals surface area contributed by atoms with Gasteiger partial charge in [0.15, 0.2) is 5.65 Å². The Labute approximate surface area is 108 Å². The highest BCUT2D eigenvalue weighted by atomic mass is 31.2. The van der Waals surface area contributed by atoms with Crippen LogP contribution < -0.4 is 5.73 Å². The van der Waals surface area contributed by atoms with Gasteiger partial charge in [0.25, 0.3) is 0 Å². The van der Waals surface area contributed by atoms with Gasteiger partial charge >= 0.3 is 7.60 Å². The van der Waals surface area contributed by atoms with Crippen molar-refractivity contribution in [1.29, 1.82) is 0 Å². The monoisotopic (exact) mass is 287 g/mol. The summed E-state index contributed by atoms with van der Waals surface area (Å²) in [5.74, 6) is 0.222. The Morgan fingerprint density at radius 2 is 2.26 bits per heavy atom. The maximum Gasteiger partial charge on any atom is 0.350 e. The summed E-state index contributed by atoms with van der Waals surface area (Å²) in [5, 5.41) is 4.04. The third-order valence-corrected chi connectivity index (χ3v) is 2.92. The Hall–Kier alpha value is -1.54. The summed E-state index contributed by atoms with van der Waals surface area (Å²) in [7, 11) is -4.15. The summed E-state index contributed by atoms with van der Waals surface area (Å²) >= 11 is 0. The molecule has 0 aromatic carbocycles. The maximum atomic E-state index is 10.7. The van der Waals surface area contributed by atoms with Gasteiger partial charge in [0.05, 0.1) is 12.3 Å². The molecule has 2 heterocycles. The zero-order chi connectivity index (χ0) is 14.0. The zero-order valence-corrected chi connectivity index (χ0v) is 11.1. The highest BCUT2D eigenvalue weighted by molar-refractivity contribution is 7.51. The van der Waals surface area contributed by atoms with E-state index in [0.29, 0.717) is 12.1 Å². The van der Waals surface area contributed by atoms with Crippen LogP contribution in [0.4, 0.5) is 5.95 Å². The Morgan fingerprint density at radius 1 is 1.53 bits per heavy atom. The number of nitrogens with zero attached hydrogens (tertiary/aromatic N) is 4. The van der Waals surface area contributed by atoms with Crippen molar-refractivity contribution in [1.82, 2.24) is 19.6 Å². The minimum absolute atomic E-state index is 0.222. The van der Waals surface area contributed by atoms with Crippen molar-refractivity contribution in [2.24, 2.45) is 0 Å². The first-order valence-corrected chi connectivity index (χ1v) is 7.26. The molecule has 1 atom stereocenters. The van der Waals surface area contributed by atoms with E-state index in [2.05, 4.69) is 15.1 Å². The summed E-state index contributed by atoms with van der Waals surface area (Å²) in [6, 6.07) is 0. The molecule has 0 saturated heterocycles. The largest absolute Gasteiger partial charge is 0.368 e. The standard InChI is InChI=1S/C9H14N5O4P/c1-6(18-5-19(15,16)17)2-7-3-13-14-8(7)11-4-12-9(14)10/h3-4,6H,2,5H2,1H3,(H2,10,11,12)(H2,15,16,17)/t6-/m1/s1. The molecule has 0 aliphatic heterocycles. The van der Waals surface area contributed by atoms with Crippen molar-refractivity contribution >= 4 is 19.2 Å². The lowest BCUT2D eigenvalue weighted by molar-refractivity contribution is 0.0889. The second kappa shape index (κ2) is 5.22. The van der Waals surface area contributed by atoms with Crippen molar-refractivity contribution in [3.8, 4) is 0 Å². The van der Waals surface area contributed by atoms with E-state index in [1.54, 1.807) is 13.1 Å². The number of rotatable bonds is 5. The summed E-state index contributed by atoms with van der Waals surface area (Å²) in [6.45, 7) is 1.71. The predicted molar refractivity (Wildman–Crippen MR) is 66.4 cm³/mol. The third kappa shape index (κ3) is 3.48. The number of nitrogen functional groups attached to an aromatic ring is 1. The number of nitrogens with two attached hydrogens (primary N) is 1. The van der Waals surface area contributed by atoms with Crippen LogP contribution in [0, 0.1) is 0 Å². The minimum atomic E-state index is -4.15. The lowest BCUT2D eigenvalue weighted by atomic mass is 10.2. The highest BCUT2D eigenvalue weighted by Gasteiger charge is 2.17. The summed E-state index contributed by atoms with van der Waals surface area (Å²) in [4.78, 5) is 25.3. The van der Waals surface area contributed by atoms with E-state index in [1.165, 1.54) is 10.8 Å². The SMILES string of the molecule is C[C@H](Cc1cnn2c(N)ncnc12)OCP(=O)(O)O. The van der Waals surface area contributed by atoms with Crippen molar-refractivity contribution in [3.05, 3.63) is 18.1 Å². The molecule has 0 saturated carbocycles. The van der Waals surface area contributed by atoms with Gasteiger partial charge in [0.2, 0.25) is 5.95 Å². The summed E-state index contributed by atoms with van der Waals surface area (Å²) in [6.07, 6.45) is 2.34. The summed E-state index contributed by atoms with van der Waals surface area (Å²) < 4.78 is 17.2. The van der Waals surface area contributed by atoms with E-state index in [1.807, 2.05) is 0 Å². The van der Waals surface area contributed by atoms with Crippen LogP contribution in [0.2, 0.25) is 0 Å². The number of fused-ring (bicyclic) bond motifs is 1. The van der Waals surface area contributed by atoms with E-state index >= 15 is 0 Å². The summed E-state index contributed by atoms with van der Waals surface area (Å²) in [5.41, 5.74) is 6.96. The average Bonchev–Trinajstić information content (AvgIpc) is 2.71. The lowest BCUT2D eigenvalue weighted by Gasteiger charge is -2.12. The molecule has 0 aliphatic rings. The number of hydrogen-bond acceptors (Lipinski definition) is 6. The first kappa shape index (κ1) is 13.9. The molecule has 19 heavy (non-hydrogen) atoms. The van der Waals surface area contributed by atoms with Crippen LogP contribution in [-0.4, -0.2) is 41.8 Å².